The number of amides is 1. The number of carbonyl (C=O) groups excluding carboxylic acids is 1. The van der Waals surface area contributed by atoms with Crippen molar-refractivity contribution in [2.45, 2.75) is 13.8 Å². The van der Waals surface area contributed by atoms with Crippen molar-refractivity contribution in [3.8, 4) is 5.69 Å². The normalized spacial score (nSPS) is 11.0. The summed E-state index contributed by atoms with van der Waals surface area (Å²) in [4.78, 5) is 12.1. The third-order valence-electron chi connectivity index (χ3n) is 3.88. The van der Waals surface area contributed by atoms with Crippen molar-refractivity contribution in [1.82, 2.24) is 15.2 Å². The fourth-order valence-electron chi connectivity index (χ4n) is 2.52. The number of nitrogens with one attached hydrogen (secondary N) is 1. The highest BCUT2D eigenvalue weighted by Crippen LogP contribution is 2.16. The van der Waals surface area contributed by atoms with E-state index in [-0.39, 0.29) is 5.91 Å². The molecule has 3 rings (SSSR count). The van der Waals surface area contributed by atoms with Crippen LogP contribution in [0, 0.1) is 13.8 Å². The molecule has 0 aliphatic rings. The molecule has 2 aromatic carbocycles. The van der Waals surface area contributed by atoms with Crippen molar-refractivity contribution in [3.05, 3.63) is 77.1 Å². The quantitative estimate of drug-likeness (QED) is 0.437. The number of rotatable bonds is 4. The van der Waals surface area contributed by atoms with E-state index in [0.717, 1.165) is 22.6 Å². The van der Waals surface area contributed by atoms with E-state index in [0.29, 0.717) is 11.3 Å². The molecule has 0 unspecified atom stereocenters. The molecule has 6 nitrogen and oxygen atoms in total. The lowest BCUT2D eigenvalue weighted by Crippen LogP contribution is -2.17. The molecule has 3 N–H and O–H groups in total. The van der Waals surface area contributed by atoms with Crippen LogP contribution in [0.3, 0.4) is 0 Å². The van der Waals surface area contributed by atoms with Crippen LogP contribution in [-0.4, -0.2) is 21.9 Å². The Bertz CT molecular complexity index is 911. The molecule has 6 heteroatoms. The first kappa shape index (κ1) is 16.4. The summed E-state index contributed by atoms with van der Waals surface area (Å²) in [6.07, 6.45) is 1.62. The van der Waals surface area contributed by atoms with E-state index >= 15 is 0 Å². The fraction of sp³-hybridized carbons (Fsp3) is 0.105. The molecule has 126 valence electrons. The maximum atomic E-state index is 12.1. The molecule has 0 radical (unpaired) electrons. The first-order valence-corrected chi connectivity index (χ1v) is 7.87. The first-order valence-electron chi connectivity index (χ1n) is 7.87. The Hall–Kier alpha value is -3.41. The lowest BCUT2D eigenvalue weighted by Gasteiger charge is -2.03. The lowest BCUT2D eigenvalue weighted by atomic mass is 10.2. The van der Waals surface area contributed by atoms with Crippen LogP contribution in [0.25, 0.3) is 5.69 Å². The number of hydrogen-bond donors (Lipinski definition) is 2. The minimum absolute atomic E-state index is 0.290. The summed E-state index contributed by atoms with van der Waals surface area (Å²) < 4.78 is 1.86. The van der Waals surface area contributed by atoms with Gasteiger partial charge in [0.05, 0.1) is 23.3 Å². The average molecular weight is 333 g/mol. The number of nitrogen functional groups attached to an aromatic ring is 1. The summed E-state index contributed by atoms with van der Waals surface area (Å²) in [6.45, 7) is 3.88. The highest BCUT2D eigenvalue weighted by Gasteiger charge is 2.11. The summed E-state index contributed by atoms with van der Waals surface area (Å²) in [5.74, 6) is -0.290. The van der Waals surface area contributed by atoms with Gasteiger partial charge in [0.25, 0.3) is 5.91 Å². The van der Waals surface area contributed by atoms with Crippen LogP contribution in [0.2, 0.25) is 0 Å². The number of anilines is 1. The smallest absolute Gasteiger partial charge is 0.271 e. The molecule has 1 heterocycles. The minimum Gasteiger partial charge on any atom is -0.399 e. The Morgan fingerprint density at radius 3 is 2.48 bits per heavy atom. The van der Waals surface area contributed by atoms with E-state index in [4.69, 9.17) is 5.73 Å². The molecule has 3 aromatic rings. The zero-order valence-corrected chi connectivity index (χ0v) is 14.1. The van der Waals surface area contributed by atoms with Crippen LogP contribution in [0.5, 0.6) is 0 Å². The van der Waals surface area contributed by atoms with Gasteiger partial charge in [0.15, 0.2) is 0 Å². The Kier molecular flexibility index (Phi) is 4.61. The van der Waals surface area contributed by atoms with Gasteiger partial charge in [-0.1, -0.05) is 18.2 Å². The summed E-state index contributed by atoms with van der Waals surface area (Å²) >= 11 is 0. The second kappa shape index (κ2) is 7.00. The van der Waals surface area contributed by atoms with Crippen LogP contribution in [0.4, 0.5) is 5.69 Å². The van der Waals surface area contributed by atoms with E-state index in [1.807, 2.05) is 48.9 Å². The largest absolute Gasteiger partial charge is 0.399 e. The van der Waals surface area contributed by atoms with Gasteiger partial charge in [0, 0.05) is 16.8 Å². The van der Waals surface area contributed by atoms with E-state index in [2.05, 4.69) is 15.6 Å². The van der Waals surface area contributed by atoms with E-state index < -0.39 is 0 Å². The van der Waals surface area contributed by atoms with Gasteiger partial charge in [0.1, 0.15) is 0 Å². The molecule has 1 aromatic heterocycles. The molecule has 0 aliphatic heterocycles. The second-order valence-corrected chi connectivity index (χ2v) is 5.65. The molecule has 1 amide bonds. The zero-order chi connectivity index (χ0) is 17.8. The first-order chi connectivity index (χ1) is 12.1. The standard InChI is InChI=1S/C19H19N5O/c1-13-18(14(2)24(23-13)17-6-4-3-5-7-17)12-21-22-19(25)15-8-10-16(20)11-9-15/h3-12H,20H2,1-2H3,(H,22,25). The van der Waals surface area contributed by atoms with Crippen molar-refractivity contribution in [1.29, 1.82) is 0 Å². The van der Waals surface area contributed by atoms with Crippen LogP contribution < -0.4 is 11.2 Å². The number of aromatic nitrogens is 2. The van der Waals surface area contributed by atoms with Gasteiger partial charge < -0.3 is 5.73 Å². The van der Waals surface area contributed by atoms with E-state index in [1.54, 1.807) is 30.5 Å². The summed E-state index contributed by atoms with van der Waals surface area (Å²) in [5, 5.41) is 8.60. The maximum Gasteiger partial charge on any atom is 0.271 e. The van der Waals surface area contributed by atoms with Crippen molar-refractivity contribution in [3.63, 3.8) is 0 Å². The Morgan fingerprint density at radius 1 is 1.12 bits per heavy atom. The van der Waals surface area contributed by atoms with E-state index in [1.165, 1.54) is 0 Å². The third-order valence-corrected chi connectivity index (χ3v) is 3.88. The van der Waals surface area contributed by atoms with Gasteiger partial charge in [0.2, 0.25) is 0 Å². The molecular weight excluding hydrogens is 314 g/mol. The number of para-hydroxylation sites is 1. The monoisotopic (exact) mass is 333 g/mol. The van der Waals surface area contributed by atoms with Crippen molar-refractivity contribution in [2.75, 3.05) is 5.73 Å². The minimum atomic E-state index is -0.290. The van der Waals surface area contributed by atoms with Gasteiger partial charge in [-0.05, 0) is 50.2 Å². The molecule has 0 saturated heterocycles. The number of nitrogens with two attached hydrogens (primary N) is 1. The molecular formula is C19H19N5O. The number of nitrogens with zero attached hydrogens (tertiary/aromatic N) is 3. The summed E-state index contributed by atoms with van der Waals surface area (Å²) in [5.41, 5.74) is 12.9. The zero-order valence-electron chi connectivity index (χ0n) is 14.1. The summed E-state index contributed by atoms with van der Waals surface area (Å²) in [6, 6.07) is 16.5. The predicted molar refractivity (Wildman–Crippen MR) is 99.0 cm³/mol. The average Bonchev–Trinajstić information content (AvgIpc) is 2.91. The van der Waals surface area contributed by atoms with Gasteiger partial charge in [-0.2, -0.15) is 10.2 Å². The highest BCUT2D eigenvalue weighted by atomic mass is 16.2. The molecule has 0 spiro atoms. The SMILES string of the molecule is Cc1nn(-c2ccccc2)c(C)c1C=NNC(=O)c1ccc(N)cc1. The van der Waals surface area contributed by atoms with Crippen molar-refractivity contribution < 1.29 is 4.79 Å². The second-order valence-electron chi connectivity index (χ2n) is 5.65. The molecule has 0 saturated carbocycles. The molecule has 0 bridgehead atoms. The van der Waals surface area contributed by atoms with Gasteiger partial charge in [-0.3, -0.25) is 4.79 Å². The molecule has 0 atom stereocenters. The fourth-order valence-corrected chi connectivity index (χ4v) is 2.52. The third kappa shape index (κ3) is 3.58. The van der Waals surface area contributed by atoms with Crippen molar-refractivity contribution >= 4 is 17.8 Å². The number of benzene rings is 2. The van der Waals surface area contributed by atoms with Crippen molar-refractivity contribution in [2.24, 2.45) is 5.10 Å². The Morgan fingerprint density at radius 2 is 1.80 bits per heavy atom. The van der Waals surface area contributed by atoms with Crippen LogP contribution in [0.15, 0.2) is 59.7 Å². The number of aryl methyl sites for hydroxylation is 1. The molecule has 0 aliphatic carbocycles. The van der Waals surface area contributed by atoms with Crippen LogP contribution in [-0.2, 0) is 0 Å². The highest BCUT2D eigenvalue weighted by molar-refractivity contribution is 5.95. The Labute approximate surface area is 146 Å². The molecule has 0 fully saturated rings. The maximum absolute atomic E-state index is 12.1. The van der Waals surface area contributed by atoms with E-state index in [9.17, 15) is 4.79 Å². The topological polar surface area (TPSA) is 85.3 Å². The number of hydrazone groups is 1. The lowest BCUT2D eigenvalue weighted by molar-refractivity contribution is 0.0955. The molecule has 25 heavy (non-hydrogen) atoms. The van der Waals surface area contributed by atoms with Gasteiger partial charge in [-0.15, -0.1) is 0 Å². The van der Waals surface area contributed by atoms with Gasteiger partial charge in [-0.25, -0.2) is 10.1 Å². The van der Waals surface area contributed by atoms with Gasteiger partial charge >= 0.3 is 0 Å². The van der Waals surface area contributed by atoms with Crippen LogP contribution >= 0.6 is 0 Å². The van der Waals surface area contributed by atoms with Crippen LogP contribution in [0.1, 0.15) is 27.3 Å². The number of carbonyl (C=O) groups is 1. The Balaban J connectivity index is 1.77. The summed E-state index contributed by atoms with van der Waals surface area (Å²) in [7, 11) is 0. The number of hydrogen-bond acceptors (Lipinski definition) is 4. The predicted octanol–water partition coefficient (Wildman–Crippen LogP) is 2.84.